The van der Waals surface area contributed by atoms with E-state index in [0.717, 1.165) is 24.8 Å². The molecule has 18 heteroatoms. The van der Waals surface area contributed by atoms with Gasteiger partial charge in [0, 0.05) is 11.8 Å². The molecule has 5 aliphatic carbocycles. The van der Waals surface area contributed by atoms with Crippen molar-refractivity contribution in [1.29, 1.82) is 0 Å². The van der Waals surface area contributed by atoms with E-state index in [1.54, 1.807) is 6.92 Å². The van der Waals surface area contributed by atoms with Gasteiger partial charge in [0.25, 0.3) is 0 Å². The molecule has 3 unspecified atom stereocenters. The smallest absolute Gasteiger partial charge is 0.310 e. The molecule has 0 amide bonds. The number of aliphatic hydroxyl groups excluding tert-OH is 9. The fourth-order valence-corrected chi connectivity index (χ4v) is 15.1. The predicted molar refractivity (Wildman–Crippen MR) is 226 cm³/mol. The van der Waals surface area contributed by atoms with Crippen molar-refractivity contribution in [3.63, 3.8) is 0 Å². The molecule has 0 spiro atoms. The largest absolute Gasteiger partial charge is 0.481 e. The standard InChI is InChI=1S/C47H76O18/c1-20-23(49)17-47(41(57)58)16-15-44(6)22(37(47)46(20,8)59)9-10-27-43(5)13-12-28(42(3,4)26(43)11-14-45(27,44)7)63-40-36(65-38-33(55)31(53)29(51)21(2)61-38)35(24(50)19-60-40)64-39-34(56)32(54)30(52)25(18-48)62-39/h9,20-21,23-40,48-56,59H,10-19H2,1-8H3,(H,57,58)/t20-,21+,23?,24+,25-,26?,27?,28+,29+,30-,31-,32+,33-,34-,35+,36-,37-,38+,39+,40+,43+,44-,45-,46-,47-/m1/s1. The van der Waals surface area contributed by atoms with Crippen molar-refractivity contribution >= 4 is 5.97 Å². The van der Waals surface area contributed by atoms with E-state index in [-0.39, 0.29) is 35.7 Å². The van der Waals surface area contributed by atoms with Crippen LogP contribution in [0.25, 0.3) is 0 Å². The Labute approximate surface area is 380 Å². The van der Waals surface area contributed by atoms with Crippen LogP contribution in [0.2, 0.25) is 0 Å². The van der Waals surface area contributed by atoms with Crippen molar-refractivity contribution in [2.45, 2.75) is 211 Å². The summed E-state index contributed by atoms with van der Waals surface area (Å²) in [5.41, 5.74) is -3.08. The van der Waals surface area contributed by atoms with Gasteiger partial charge in [-0.1, -0.05) is 53.2 Å². The third kappa shape index (κ3) is 7.45. The van der Waals surface area contributed by atoms with Crippen LogP contribution >= 0.6 is 0 Å². The van der Waals surface area contributed by atoms with Gasteiger partial charge < -0.3 is 84.6 Å². The Morgan fingerprint density at radius 2 is 1.35 bits per heavy atom. The molecule has 0 bridgehead atoms. The van der Waals surface area contributed by atoms with Gasteiger partial charge in [-0.3, -0.25) is 4.79 Å². The molecule has 8 rings (SSSR count). The first kappa shape index (κ1) is 50.0. The SMILES string of the molecule is C[C@@H]1O[C@@H](O[C@H]2[C@H](O[C@H]3CC[C@@]4(C)C(CC[C@]5(C)C4CC=C4[C@H]6[C@@](C(=O)O)(CC[C@]45C)CC(O)[C@@H](C)[C@@]6(C)O)C3(C)C)OC[C@H](O)[C@@H]2O[C@@H]2O[C@H](CO)[C@@H](O)[C@H](O)[C@H]2O)[C@H](O)[C@H](O)[C@H]1O. The topological polar surface area (TPSA) is 295 Å². The van der Waals surface area contributed by atoms with Crippen LogP contribution in [0, 0.1) is 50.7 Å². The second kappa shape index (κ2) is 17.2. The number of hydrogen-bond acceptors (Lipinski definition) is 17. The summed E-state index contributed by atoms with van der Waals surface area (Å²) >= 11 is 0. The molecule has 3 heterocycles. The van der Waals surface area contributed by atoms with E-state index in [9.17, 15) is 61.0 Å². The molecule has 0 radical (unpaired) electrons. The number of carboxylic acids is 1. The molecule has 3 aliphatic heterocycles. The highest BCUT2D eigenvalue weighted by molar-refractivity contribution is 5.77. The molecule has 4 saturated carbocycles. The maximum absolute atomic E-state index is 13.3. The van der Waals surface area contributed by atoms with Gasteiger partial charge in [0.05, 0.1) is 42.5 Å². The average Bonchev–Trinajstić information content (AvgIpc) is 3.24. The van der Waals surface area contributed by atoms with E-state index >= 15 is 0 Å². The zero-order valence-corrected chi connectivity index (χ0v) is 39.0. The van der Waals surface area contributed by atoms with Crippen LogP contribution in [0.15, 0.2) is 11.6 Å². The minimum atomic E-state index is -1.82. The Hall–Kier alpha value is -1.43. The van der Waals surface area contributed by atoms with E-state index in [4.69, 9.17) is 28.4 Å². The third-order valence-corrected chi connectivity index (χ3v) is 19.4. The summed E-state index contributed by atoms with van der Waals surface area (Å²) in [7, 11) is 0. The van der Waals surface area contributed by atoms with Crippen molar-refractivity contribution in [2.24, 2.45) is 50.7 Å². The summed E-state index contributed by atoms with van der Waals surface area (Å²) < 4.78 is 37.0. The second-order valence-corrected chi connectivity index (χ2v) is 22.8. The highest BCUT2D eigenvalue weighted by atomic mass is 16.8. The quantitative estimate of drug-likeness (QED) is 0.115. The Balaban J connectivity index is 1.08. The molecule has 0 aromatic heterocycles. The van der Waals surface area contributed by atoms with Gasteiger partial charge in [0.1, 0.15) is 61.0 Å². The van der Waals surface area contributed by atoms with Crippen molar-refractivity contribution in [1.82, 2.24) is 0 Å². The first-order chi connectivity index (χ1) is 30.2. The normalized spacial score (nSPS) is 56.6. The van der Waals surface area contributed by atoms with Crippen molar-refractivity contribution < 1.29 is 89.4 Å². The van der Waals surface area contributed by atoms with Crippen LogP contribution in [0.4, 0.5) is 0 Å². The Kier molecular flexibility index (Phi) is 13.2. The lowest BCUT2D eigenvalue weighted by Gasteiger charge is -2.72. The number of aliphatic carboxylic acids is 1. The average molecular weight is 929 g/mol. The zero-order chi connectivity index (χ0) is 47.7. The summed E-state index contributed by atoms with van der Waals surface area (Å²) in [5, 5.41) is 120. The zero-order valence-electron chi connectivity index (χ0n) is 39.0. The minimum absolute atomic E-state index is 0.0991. The predicted octanol–water partition coefficient (Wildman–Crippen LogP) is 0.315. The van der Waals surface area contributed by atoms with Crippen LogP contribution < -0.4 is 0 Å². The molecule has 0 aromatic carbocycles. The lowest BCUT2D eigenvalue weighted by molar-refractivity contribution is -0.388. The molecule has 0 aromatic rings. The highest BCUT2D eigenvalue weighted by Gasteiger charge is 2.72. The monoisotopic (exact) mass is 929 g/mol. The van der Waals surface area contributed by atoms with Gasteiger partial charge in [0.2, 0.25) is 0 Å². The third-order valence-electron chi connectivity index (χ3n) is 19.4. The first-order valence-corrected chi connectivity index (χ1v) is 23.8. The number of carbonyl (C=O) groups is 1. The molecule has 3 saturated heterocycles. The number of hydrogen-bond donors (Lipinski definition) is 11. The van der Waals surface area contributed by atoms with Gasteiger partial charge in [-0.05, 0) is 98.7 Å². The molecular formula is C47H76O18. The molecule has 372 valence electrons. The number of ether oxygens (including phenoxy) is 6. The van der Waals surface area contributed by atoms with Crippen LogP contribution in [-0.4, -0.2) is 179 Å². The summed E-state index contributed by atoms with van der Waals surface area (Å²) in [6.07, 6.45) is -15.7. The molecule has 65 heavy (non-hydrogen) atoms. The summed E-state index contributed by atoms with van der Waals surface area (Å²) in [6.45, 7) is 15.3. The molecule has 7 fully saturated rings. The molecule has 8 aliphatic rings. The molecule has 18 nitrogen and oxygen atoms in total. The van der Waals surface area contributed by atoms with Gasteiger partial charge >= 0.3 is 5.97 Å². The van der Waals surface area contributed by atoms with E-state index in [0.29, 0.717) is 25.7 Å². The number of carboxylic acid groups (broad SMARTS) is 1. The summed E-state index contributed by atoms with van der Waals surface area (Å²) in [5.74, 6) is -1.82. The van der Waals surface area contributed by atoms with Crippen molar-refractivity contribution in [3.8, 4) is 0 Å². The first-order valence-electron chi connectivity index (χ1n) is 23.8. The maximum Gasteiger partial charge on any atom is 0.310 e. The van der Waals surface area contributed by atoms with Crippen LogP contribution in [-0.2, 0) is 33.2 Å². The van der Waals surface area contributed by atoms with Gasteiger partial charge in [-0.15, -0.1) is 0 Å². The minimum Gasteiger partial charge on any atom is -0.481 e. The lowest BCUT2D eigenvalue weighted by atomic mass is 9.33. The van der Waals surface area contributed by atoms with Crippen LogP contribution in [0.1, 0.15) is 107 Å². The summed E-state index contributed by atoms with van der Waals surface area (Å²) in [4.78, 5) is 13.3. The molecule has 25 atom stereocenters. The molecular weight excluding hydrogens is 852 g/mol. The second-order valence-electron chi connectivity index (χ2n) is 22.8. The highest BCUT2D eigenvalue weighted by Crippen LogP contribution is 2.76. The van der Waals surface area contributed by atoms with E-state index in [1.807, 2.05) is 6.92 Å². The number of fused-ring (bicyclic) bond motifs is 7. The Bertz CT molecular complexity index is 1790. The maximum atomic E-state index is 13.3. The van der Waals surface area contributed by atoms with Crippen molar-refractivity contribution in [3.05, 3.63) is 11.6 Å². The van der Waals surface area contributed by atoms with Crippen LogP contribution in [0.5, 0.6) is 0 Å². The van der Waals surface area contributed by atoms with Gasteiger partial charge in [-0.2, -0.15) is 0 Å². The lowest BCUT2D eigenvalue weighted by Crippen LogP contribution is -2.69. The Morgan fingerprint density at radius 3 is 2.00 bits per heavy atom. The molecule has 11 N–H and O–H groups in total. The van der Waals surface area contributed by atoms with E-state index in [1.165, 1.54) is 6.92 Å². The number of aliphatic hydroxyl groups is 10. The van der Waals surface area contributed by atoms with E-state index in [2.05, 4.69) is 40.7 Å². The fourth-order valence-electron chi connectivity index (χ4n) is 15.1. The summed E-state index contributed by atoms with van der Waals surface area (Å²) in [6, 6.07) is 0. The number of rotatable bonds is 8. The van der Waals surface area contributed by atoms with Gasteiger partial charge in [0.15, 0.2) is 18.9 Å². The van der Waals surface area contributed by atoms with Crippen LogP contribution in [0.3, 0.4) is 0 Å². The van der Waals surface area contributed by atoms with E-state index < -0.39 is 144 Å². The van der Waals surface area contributed by atoms with Crippen molar-refractivity contribution in [2.75, 3.05) is 13.2 Å². The number of allylic oxidation sites excluding steroid dienone is 1. The fraction of sp³-hybridized carbons (Fsp3) is 0.936. The Morgan fingerprint density at radius 1 is 0.723 bits per heavy atom. The van der Waals surface area contributed by atoms with Gasteiger partial charge in [-0.25, -0.2) is 0 Å².